The molecule has 1 heterocycles. The third-order valence-corrected chi connectivity index (χ3v) is 4.30. The molecule has 0 spiro atoms. The molecule has 3 rings (SSSR count). The minimum atomic E-state index is -3.78. The highest BCUT2D eigenvalue weighted by Gasteiger charge is 2.43. The van der Waals surface area contributed by atoms with Gasteiger partial charge in [0.05, 0.1) is 0 Å². The smallest absolute Gasteiger partial charge is 0.365 e. The van der Waals surface area contributed by atoms with E-state index in [1.807, 2.05) is 38.1 Å². The summed E-state index contributed by atoms with van der Waals surface area (Å²) in [5, 5.41) is -3.78. The average molecular weight is 353 g/mol. The number of esters is 1. The minimum absolute atomic E-state index is 0.349. The molecule has 126 valence electrons. The summed E-state index contributed by atoms with van der Waals surface area (Å²) in [4.78, 5) is 19.5. The molecule has 2 aromatic rings. The van der Waals surface area contributed by atoms with E-state index in [0.717, 1.165) is 30.1 Å². The van der Waals surface area contributed by atoms with Crippen molar-refractivity contribution in [3.8, 4) is 0 Å². The van der Waals surface area contributed by atoms with Gasteiger partial charge in [-0.2, -0.15) is 8.78 Å². The lowest BCUT2D eigenvalue weighted by Crippen LogP contribution is -2.25. The topological polar surface area (TPSA) is 52.1 Å². The number of aromatic nitrogens is 2. The fourth-order valence-corrected chi connectivity index (χ4v) is 3.20. The van der Waals surface area contributed by atoms with Crippen molar-refractivity contribution in [3.63, 3.8) is 0 Å². The summed E-state index contributed by atoms with van der Waals surface area (Å²) in [5.41, 5.74) is 0.323. The third kappa shape index (κ3) is 2.98. The van der Waals surface area contributed by atoms with Crippen LogP contribution in [0.15, 0.2) is 36.8 Å². The maximum Gasteiger partial charge on any atom is 0.365 e. The van der Waals surface area contributed by atoms with Gasteiger partial charge in [0.2, 0.25) is 0 Å². The molecule has 1 aromatic heterocycles. The normalized spacial score (nSPS) is 19.0. The van der Waals surface area contributed by atoms with E-state index < -0.39 is 28.7 Å². The summed E-state index contributed by atoms with van der Waals surface area (Å²) < 4.78 is 32.5. The number of carbonyl (C=O) groups excluding carboxylic acids is 1. The first-order valence-corrected chi connectivity index (χ1v) is 7.74. The highest BCUT2D eigenvalue weighted by Crippen LogP contribution is 2.47. The molecule has 0 saturated heterocycles. The van der Waals surface area contributed by atoms with Gasteiger partial charge in [-0.1, -0.05) is 38.1 Å². The summed E-state index contributed by atoms with van der Waals surface area (Å²) >= 11 is 5.03. The molecule has 0 N–H and O–H groups in total. The van der Waals surface area contributed by atoms with Gasteiger partial charge in [-0.15, -0.1) is 0 Å². The number of carbonyl (C=O) groups is 1. The van der Waals surface area contributed by atoms with Crippen LogP contribution >= 0.6 is 11.6 Å². The van der Waals surface area contributed by atoms with Crippen LogP contribution in [0.4, 0.5) is 8.78 Å². The number of rotatable bonds is 3. The Hall–Kier alpha value is -2.08. The van der Waals surface area contributed by atoms with E-state index in [9.17, 15) is 13.6 Å². The first-order chi connectivity index (χ1) is 11.2. The number of alkyl halides is 3. The van der Waals surface area contributed by atoms with Gasteiger partial charge in [0.25, 0.3) is 0 Å². The quantitative estimate of drug-likeness (QED) is 0.612. The highest BCUT2D eigenvalue weighted by molar-refractivity contribution is 6.22. The molecule has 24 heavy (non-hydrogen) atoms. The van der Waals surface area contributed by atoms with E-state index >= 15 is 0 Å². The van der Waals surface area contributed by atoms with Crippen LogP contribution in [0.2, 0.25) is 0 Å². The fraction of sp³-hybridized carbons (Fsp3) is 0.353. The van der Waals surface area contributed by atoms with Crippen molar-refractivity contribution < 1.29 is 18.3 Å². The van der Waals surface area contributed by atoms with Crippen molar-refractivity contribution >= 4 is 17.6 Å². The molecular weight excluding hydrogens is 338 g/mol. The van der Waals surface area contributed by atoms with Crippen molar-refractivity contribution in [1.29, 1.82) is 0 Å². The van der Waals surface area contributed by atoms with Gasteiger partial charge in [0.1, 0.15) is 23.7 Å². The molecule has 1 unspecified atom stereocenters. The summed E-state index contributed by atoms with van der Waals surface area (Å²) in [7, 11) is 0. The number of ether oxygens (including phenoxy) is 1. The van der Waals surface area contributed by atoms with Crippen LogP contribution in [-0.4, -0.2) is 15.9 Å². The zero-order chi connectivity index (χ0) is 17.5. The largest absolute Gasteiger partial charge is 0.453 e. The van der Waals surface area contributed by atoms with Crippen molar-refractivity contribution in [2.24, 2.45) is 5.41 Å². The molecule has 1 aliphatic carbocycles. The maximum atomic E-state index is 13.4. The molecule has 1 aromatic carbocycles. The first-order valence-electron chi connectivity index (χ1n) is 7.36. The van der Waals surface area contributed by atoms with Crippen LogP contribution in [0.1, 0.15) is 47.1 Å². The van der Waals surface area contributed by atoms with Crippen LogP contribution in [0.3, 0.4) is 0 Å². The maximum absolute atomic E-state index is 13.4. The molecule has 0 aliphatic heterocycles. The number of fused-ring (bicyclic) bond motifs is 1. The molecular formula is C17H15ClF2N2O2. The molecule has 1 atom stereocenters. The predicted octanol–water partition coefficient (Wildman–Crippen LogP) is 4.25. The zero-order valence-electron chi connectivity index (χ0n) is 13.1. The van der Waals surface area contributed by atoms with E-state index in [-0.39, 0.29) is 5.41 Å². The lowest BCUT2D eigenvalue weighted by atomic mass is 9.87. The standard InChI is InChI=1S/C17H15ClF2N2O2/c1-16(2)7-10-5-3-4-6-11(10)14(16)24-15(23)12-8-21-9-22-13(12)17(18,19)20/h3-6,8-9,14H,7H2,1-2H3. The Balaban J connectivity index is 1.94. The molecule has 0 fully saturated rings. The first kappa shape index (κ1) is 16.8. The van der Waals surface area contributed by atoms with Gasteiger partial charge in [-0.3, -0.25) is 0 Å². The third-order valence-electron chi connectivity index (χ3n) is 4.12. The summed E-state index contributed by atoms with van der Waals surface area (Å²) in [5.74, 6) is -0.916. The Morgan fingerprint density at radius 3 is 2.79 bits per heavy atom. The Labute approximate surface area is 142 Å². The fourth-order valence-electron chi connectivity index (χ4n) is 3.05. The van der Waals surface area contributed by atoms with Crippen molar-refractivity contribution in [3.05, 3.63) is 59.2 Å². The van der Waals surface area contributed by atoms with Gasteiger partial charge in [0.15, 0.2) is 0 Å². The van der Waals surface area contributed by atoms with Crippen molar-refractivity contribution in [2.45, 2.75) is 31.8 Å². The van der Waals surface area contributed by atoms with Gasteiger partial charge >= 0.3 is 11.4 Å². The monoisotopic (exact) mass is 352 g/mol. The number of hydrogen-bond donors (Lipinski definition) is 0. The van der Waals surface area contributed by atoms with Crippen molar-refractivity contribution in [1.82, 2.24) is 9.97 Å². The molecule has 1 aliphatic rings. The summed E-state index contributed by atoms with van der Waals surface area (Å²) in [6.07, 6.45) is 2.09. The number of halogens is 3. The number of nitrogens with zero attached hydrogens (tertiary/aromatic N) is 2. The minimum Gasteiger partial charge on any atom is -0.453 e. The molecule has 0 amide bonds. The Bertz CT molecular complexity index is 790. The van der Waals surface area contributed by atoms with Crippen LogP contribution in [0.25, 0.3) is 0 Å². The second kappa shape index (κ2) is 5.77. The van der Waals surface area contributed by atoms with Gasteiger partial charge in [0, 0.05) is 11.6 Å². The molecule has 4 nitrogen and oxygen atoms in total. The highest BCUT2D eigenvalue weighted by atomic mass is 35.5. The Morgan fingerprint density at radius 2 is 2.08 bits per heavy atom. The van der Waals surface area contributed by atoms with E-state index in [1.165, 1.54) is 0 Å². The van der Waals surface area contributed by atoms with Crippen LogP contribution in [-0.2, 0) is 16.5 Å². The van der Waals surface area contributed by atoms with Crippen LogP contribution < -0.4 is 0 Å². The Morgan fingerprint density at radius 1 is 1.38 bits per heavy atom. The second-order valence-corrected chi connectivity index (χ2v) is 6.91. The lowest BCUT2D eigenvalue weighted by molar-refractivity contribution is -0.00307. The lowest BCUT2D eigenvalue weighted by Gasteiger charge is -2.27. The van der Waals surface area contributed by atoms with E-state index in [4.69, 9.17) is 16.3 Å². The molecule has 0 bridgehead atoms. The van der Waals surface area contributed by atoms with Crippen LogP contribution in [0.5, 0.6) is 0 Å². The summed E-state index contributed by atoms with van der Waals surface area (Å²) in [6.45, 7) is 3.92. The summed E-state index contributed by atoms with van der Waals surface area (Å²) in [6, 6.07) is 7.61. The average Bonchev–Trinajstić information content (AvgIpc) is 2.77. The van der Waals surface area contributed by atoms with Gasteiger partial charge in [-0.25, -0.2) is 14.8 Å². The Kier molecular flexibility index (Phi) is 4.03. The zero-order valence-corrected chi connectivity index (χ0v) is 13.8. The molecule has 0 radical (unpaired) electrons. The van der Waals surface area contributed by atoms with Gasteiger partial charge < -0.3 is 4.74 Å². The van der Waals surface area contributed by atoms with Gasteiger partial charge in [-0.05, 0) is 29.1 Å². The number of hydrogen-bond acceptors (Lipinski definition) is 4. The second-order valence-electron chi connectivity index (χ2n) is 6.43. The van der Waals surface area contributed by atoms with Crippen LogP contribution in [0, 0.1) is 5.41 Å². The molecule has 7 heteroatoms. The van der Waals surface area contributed by atoms with E-state index in [1.54, 1.807) is 0 Å². The SMILES string of the molecule is CC1(C)Cc2ccccc2C1OC(=O)c1cncnc1C(F)(F)Cl. The number of benzene rings is 1. The van der Waals surface area contributed by atoms with E-state index in [2.05, 4.69) is 9.97 Å². The molecule has 0 saturated carbocycles. The predicted molar refractivity (Wildman–Crippen MR) is 83.9 cm³/mol. The van der Waals surface area contributed by atoms with E-state index in [0.29, 0.717) is 0 Å². The van der Waals surface area contributed by atoms with Crippen molar-refractivity contribution in [2.75, 3.05) is 0 Å².